The van der Waals surface area contributed by atoms with Crippen molar-refractivity contribution in [3.05, 3.63) is 0 Å². The summed E-state index contributed by atoms with van der Waals surface area (Å²) >= 11 is 0. The SMILES string of the molecule is O/N=C1/CCSS1. The third-order valence-corrected chi connectivity index (χ3v) is 3.06. The lowest BCUT2D eigenvalue weighted by atomic mass is 10.5. The number of hydrogen-bond acceptors (Lipinski definition) is 4. The molecular formula is C3H5NOS2. The highest BCUT2D eigenvalue weighted by atomic mass is 33.1. The van der Waals surface area contributed by atoms with E-state index in [1.807, 2.05) is 0 Å². The standard InChI is InChI=1S/C3H5NOS2/c5-4-3-1-2-6-7-3/h5H,1-2H2/b4-3-. The van der Waals surface area contributed by atoms with Gasteiger partial charge in [0, 0.05) is 12.2 Å². The quantitative estimate of drug-likeness (QED) is 0.311. The first-order valence-electron chi connectivity index (χ1n) is 1.94. The van der Waals surface area contributed by atoms with Gasteiger partial charge in [-0.2, -0.15) is 0 Å². The van der Waals surface area contributed by atoms with E-state index in [-0.39, 0.29) is 0 Å². The summed E-state index contributed by atoms with van der Waals surface area (Å²) in [4.78, 5) is 0. The van der Waals surface area contributed by atoms with Crippen LogP contribution in [0.4, 0.5) is 0 Å². The van der Waals surface area contributed by atoms with Crippen LogP contribution in [-0.4, -0.2) is 16.0 Å². The van der Waals surface area contributed by atoms with Crippen molar-refractivity contribution in [1.29, 1.82) is 0 Å². The Kier molecular flexibility index (Phi) is 1.87. The maximum Gasteiger partial charge on any atom is 0.124 e. The third kappa shape index (κ3) is 1.28. The van der Waals surface area contributed by atoms with Gasteiger partial charge in [0.1, 0.15) is 5.04 Å². The van der Waals surface area contributed by atoms with E-state index in [0.717, 1.165) is 17.2 Å². The van der Waals surface area contributed by atoms with Crippen LogP contribution in [0.3, 0.4) is 0 Å². The molecule has 1 aliphatic heterocycles. The predicted molar refractivity (Wildman–Crippen MR) is 33.9 cm³/mol. The molecule has 4 heteroatoms. The van der Waals surface area contributed by atoms with Gasteiger partial charge in [-0.05, 0) is 10.8 Å². The molecule has 0 aromatic rings. The second-order valence-electron chi connectivity index (χ2n) is 1.15. The highest BCUT2D eigenvalue weighted by Crippen LogP contribution is 2.32. The van der Waals surface area contributed by atoms with Crippen LogP contribution in [-0.2, 0) is 0 Å². The van der Waals surface area contributed by atoms with E-state index in [4.69, 9.17) is 5.21 Å². The molecule has 1 heterocycles. The second-order valence-corrected chi connectivity index (χ2v) is 3.64. The molecule has 0 aromatic carbocycles. The summed E-state index contributed by atoms with van der Waals surface area (Å²) in [5.74, 6) is 1.09. The van der Waals surface area contributed by atoms with Crippen LogP contribution in [0.1, 0.15) is 6.42 Å². The Labute approximate surface area is 49.8 Å². The van der Waals surface area contributed by atoms with E-state index in [0.29, 0.717) is 0 Å². The molecule has 0 spiro atoms. The number of nitrogens with zero attached hydrogens (tertiary/aromatic N) is 1. The molecule has 0 amide bonds. The molecule has 0 atom stereocenters. The fourth-order valence-corrected chi connectivity index (χ4v) is 2.45. The number of hydrogen-bond donors (Lipinski definition) is 1. The normalized spacial score (nSPS) is 26.6. The van der Waals surface area contributed by atoms with E-state index in [1.165, 1.54) is 0 Å². The van der Waals surface area contributed by atoms with Gasteiger partial charge >= 0.3 is 0 Å². The molecule has 1 fully saturated rings. The molecular weight excluding hydrogens is 130 g/mol. The van der Waals surface area contributed by atoms with Gasteiger partial charge < -0.3 is 5.21 Å². The van der Waals surface area contributed by atoms with Gasteiger partial charge in [-0.25, -0.2) is 0 Å². The maximum absolute atomic E-state index is 8.12. The largest absolute Gasteiger partial charge is 0.410 e. The van der Waals surface area contributed by atoms with Crippen LogP contribution in [0, 0.1) is 0 Å². The Hall–Kier alpha value is 0.170. The third-order valence-electron chi connectivity index (χ3n) is 0.666. The Morgan fingerprint density at radius 2 is 2.57 bits per heavy atom. The summed E-state index contributed by atoms with van der Waals surface area (Å²) in [6.07, 6.45) is 0.936. The molecule has 0 aliphatic carbocycles. The van der Waals surface area contributed by atoms with Crippen LogP contribution in [0.15, 0.2) is 5.16 Å². The van der Waals surface area contributed by atoms with Gasteiger partial charge in [-0.15, -0.1) is 0 Å². The zero-order chi connectivity index (χ0) is 5.11. The van der Waals surface area contributed by atoms with Crippen molar-refractivity contribution < 1.29 is 5.21 Å². The first kappa shape index (κ1) is 5.31. The highest BCUT2D eigenvalue weighted by Gasteiger charge is 2.08. The Bertz CT molecular complexity index is 84.9. The fourth-order valence-electron chi connectivity index (χ4n) is 0.347. The van der Waals surface area contributed by atoms with Gasteiger partial charge in [0.15, 0.2) is 0 Å². The minimum Gasteiger partial charge on any atom is -0.410 e. The summed E-state index contributed by atoms with van der Waals surface area (Å²) in [5.41, 5.74) is 0. The van der Waals surface area contributed by atoms with Crippen LogP contribution in [0.25, 0.3) is 0 Å². The minimum atomic E-state index is 0.852. The van der Waals surface area contributed by atoms with Crippen molar-refractivity contribution >= 4 is 26.6 Å². The smallest absolute Gasteiger partial charge is 0.124 e. The minimum absolute atomic E-state index is 0.852. The van der Waals surface area contributed by atoms with E-state index in [1.54, 1.807) is 21.6 Å². The van der Waals surface area contributed by atoms with Crippen LogP contribution < -0.4 is 0 Å². The maximum atomic E-state index is 8.12. The van der Waals surface area contributed by atoms with Crippen molar-refractivity contribution in [2.75, 3.05) is 5.75 Å². The van der Waals surface area contributed by atoms with Gasteiger partial charge in [0.05, 0.1) is 0 Å². The zero-order valence-corrected chi connectivity index (χ0v) is 5.26. The van der Waals surface area contributed by atoms with Crippen molar-refractivity contribution in [3.63, 3.8) is 0 Å². The molecule has 7 heavy (non-hydrogen) atoms. The molecule has 40 valence electrons. The summed E-state index contributed by atoms with van der Waals surface area (Å²) < 4.78 is 0. The first-order valence-corrected chi connectivity index (χ1v) is 4.26. The van der Waals surface area contributed by atoms with Crippen LogP contribution in [0.5, 0.6) is 0 Å². The molecule has 1 rings (SSSR count). The Morgan fingerprint density at radius 1 is 1.71 bits per heavy atom. The molecule has 1 aliphatic rings. The highest BCUT2D eigenvalue weighted by molar-refractivity contribution is 8.83. The van der Waals surface area contributed by atoms with Gasteiger partial charge in [-0.1, -0.05) is 15.9 Å². The van der Waals surface area contributed by atoms with E-state index < -0.39 is 0 Å². The lowest BCUT2D eigenvalue weighted by molar-refractivity contribution is 0.320. The summed E-state index contributed by atoms with van der Waals surface area (Å²) in [5, 5.41) is 12.0. The van der Waals surface area contributed by atoms with Crippen molar-refractivity contribution in [2.24, 2.45) is 5.16 Å². The Balaban J connectivity index is 2.41. The van der Waals surface area contributed by atoms with E-state index >= 15 is 0 Å². The number of oxime groups is 1. The topological polar surface area (TPSA) is 32.6 Å². The summed E-state index contributed by atoms with van der Waals surface area (Å²) in [6.45, 7) is 0. The van der Waals surface area contributed by atoms with Gasteiger partial charge in [0.2, 0.25) is 0 Å². The molecule has 2 nitrogen and oxygen atoms in total. The summed E-state index contributed by atoms with van der Waals surface area (Å²) in [6, 6.07) is 0. The lowest BCUT2D eigenvalue weighted by Crippen LogP contribution is -1.81. The van der Waals surface area contributed by atoms with E-state index in [9.17, 15) is 0 Å². The molecule has 0 bridgehead atoms. The molecule has 0 radical (unpaired) electrons. The predicted octanol–water partition coefficient (Wildman–Crippen LogP) is 1.56. The summed E-state index contributed by atoms with van der Waals surface area (Å²) in [7, 11) is 3.29. The van der Waals surface area contributed by atoms with Crippen molar-refractivity contribution in [3.8, 4) is 0 Å². The fraction of sp³-hybridized carbons (Fsp3) is 0.667. The molecule has 1 saturated heterocycles. The Morgan fingerprint density at radius 3 is 2.86 bits per heavy atom. The van der Waals surface area contributed by atoms with Crippen LogP contribution >= 0.6 is 21.6 Å². The molecule has 0 aromatic heterocycles. The number of rotatable bonds is 0. The monoisotopic (exact) mass is 135 g/mol. The molecule has 0 saturated carbocycles. The van der Waals surface area contributed by atoms with E-state index in [2.05, 4.69) is 5.16 Å². The molecule has 0 unspecified atom stereocenters. The van der Waals surface area contributed by atoms with Gasteiger partial charge in [0.25, 0.3) is 0 Å². The van der Waals surface area contributed by atoms with Crippen molar-refractivity contribution in [1.82, 2.24) is 0 Å². The van der Waals surface area contributed by atoms with Crippen molar-refractivity contribution in [2.45, 2.75) is 6.42 Å². The zero-order valence-electron chi connectivity index (χ0n) is 3.63. The first-order chi connectivity index (χ1) is 3.43. The average molecular weight is 135 g/mol. The van der Waals surface area contributed by atoms with Crippen LogP contribution in [0.2, 0.25) is 0 Å². The lowest BCUT2D eigenvalue weighted by Gasteiger charge is -1.80. The average Bonchev–Trinajstić information content (AvgIpc) is 2.14. The second kappa shape index (κ2) is 2.47. The molecule has 1 N–H and O–H groups in total. The van der Waals surface area contributed by atoms with Gasteiger partial charge in [-0.3, -0.25) is 0 Å².